The SMILES string of the molecule is Cl.Cl.O=C(CCC1CCNC1)NCCCN1CCOCC1. The van der Waals surface area contributed by atoms with Crippen LogP contribution in [0.3, 0.4) is 0 Å². The van der Waals surface area contributed by atoms with E-state index in [0.717, 1.165) is 65.3 Å². The van der Waals surface area contributed by atoms with Gasteiger partial charge in [0.25, 0.3) is 0 Å². The smallest absolute Gasteiger partial charge is 0.220 e. The van der Waals surface area contributed by atoms with Gasteiger partial charge in [-0.25, -0.2) is 0 Å². The minimum Gasteiger partial charge on any atom is -0.379 e. The highest BCUT2D eigenvalue weighted by Gasteiger charge is 2.15. The van der Waals surface area contributed by atoms with Crippen LogP contribution < -0.4 is 10.6 Å². The number of hydrogen-bond acceptors (Lipinski definition) is 4. The third-order valence-electron chi connectivity index (χ3n) is 4.02. The standard InChI is InChI=1S/C14H27N3O2.2ClH/c18-14(3-2-13-4-6-15-12-13)16-5-1-7-17-8-10-19-11-9-17;;/h13,15H,1-12H2,(H,16,18);2*1H. The summed E-state index contributed by atoms with van der Waals surface area (Å²) in [7, 11) is 0. The molecule has 0 bridgehead atoms. The van der Waals surface area contributed by atoms with Gasteiger partial charge in [0, 0.05) is 26.1 Å². The number of morpholine rings is 1. The van der Waals surface area contributed by atoms with Crippen molar-refractivity contribution in [2.24, 2.45) is 5.92 Å². The van der Waals surface area contributed by atoms with E-state index < -0.39 is 0 Å². The van der Waals surface area contributed by atoms with E-state index >= 15 is 0 Å². The number of amides is 1. The van der Waals surface area contributed by atoms with Crippen molar-refractivity contribution in [1.82, 2.24) is 15.5 Å². The van der Waals surface area contributed by atoms with E-state index in [1.165, 1.54) is 6.42 Å². The second kappa shape index (κ2) is 12.5. The molecule has 1 unspecified atom stereocenters. The Hall–Kier alpha value is -0.0700. The maximum atomic E-state index is 11.7. The molecule has 0 radical (unpaired) electrons. The first-order valence-electron chi connectivity index (χ1n) is 7.62. The maximum Gasteiger partial charge on any atom is 0.220 e. The van der Waals surface area contributed by atoms with Gasteiger partial charge in [-0.2, -0.15) is 0 Å². The first-order chi connectivity index (χ1) is 9.34. The Kier molecular flexibility index (Phi) is 12.4. The molecule has 5 nitrogen and oxygen atoms in total. The number of ether oxygens (including phenoxy) is 1. The van der Waals surface area contributed by atoms with Crippen molar-refractivity contribution in [1.29, 1.82) is 0 Å². The fraction of sp³-hybridized carbons (Fsp3) is 0.929. The minimum atomic E-state index is 0. The number of rotatable bonds is 7. The number of halogens is 2. The summed E-state index contributed by atoms with van der Waals surface area (Å²) in [4.78, 5) is 14.1. The summed E-state index contributed by atoms with van der Waals surface area (Å²) in [5.41, 5.74) is 0. The van der Waals surface area contributed by atoms with Crippen molar-refractivity contribution in [3.8, 4) is 0 Å². The van der Waals surface area contributed by atoms with E-state index in [1.807, 2.05) is 0 Å². The quantitative estimate of drug-likeness (QED) is 0.680. The Morgan fingerprint density at radius 2 is 2.05 bits per heavy atom. The second-order valence-electron chi connectivity index (χ2n) is 5.56. The van der Waals surface area contributed by atoms with Gasteiger partial charge in [-0.1, -0.05) is 0 Å². The molecule has 126 valence electrons. The molecule has 2 saturated heterocycles. The zero-order chi connectivity index (χ0) is 13.3. The molecular formula is C14H29Cl2N3O2. The molecule has 1 atom stereocenters. The highest BCUT2D eigenvalue weighted by molar-refractivity contribution is 5.85. The molecule has 0 aromatic heterocycles. The summed E-state index contributed by atoms with van der Waals surface area (Å²) in [5, 5.41) is 6.37. The van der Waals surface area contributed by atoms with Crippen molar-refractivity contribution in [3.05, 3.63) is 0 Å². The van der Waals surface area contributed by atoms with Crippen LogP contribution in [0.1, 0.15) is 25.7 Å². The average molecular weight is 342 g/mol. The zero-order valence-corrected chi connectivity index (χ0v) is 14.3. The molecular weight excluding hydrogens is 313 g/mol. The van der Waals surface area contributed by atoms with Crippen molar-refractivity contribution >= 4 is 30.7 Å². The lowest BCUT2D eigenvalue weighted by molar-refractivity contribution is -0.121. The number of carbonyl (C=O) groups excluding carboxylic acids is 1. The van der Waals surface area contributed by atoms with Crippen LogP contribution in [0.25, 0.3) is 0 Å². The van der Waals surface area contributed by atoms with Crippen LogP contribution >= 0.6 is 24.8 Å². The lowest BCUT2D eigenvalue weighted by Crippen LogP contribution is -2.38. The number of hydrogen-bond donors (Lipinski definition) is 2. The van der Waals surface area contributed by atoms with E-state index in [0.29, 0.717) is 12.3 Å². The highest BCUT2D eigenvalue weighted by Crippen LogP contribution is 2.13. The molecule has 2 N–H and O–H groups in total. The van der Waals surface area contributed by atoms with Gasteiger partial charge in [0.15, 0.2) is 0 Å². The number of nitrogens with one attached hydrogen (secondary N) is 2. The molecule has 2 aliphatic rings. The third-order valence-corrected chi connectivity index (χ3v) is 4.02. The van der Waals surface area contributed by atoms with Crippen LogP contribution in [0.2, 0.25) is 0 Å². The zero-order valence-electron chi connectivity index (χ0n) is 12.6. The Balaban J connectivity index is 0.00000200. The first kappa shape index (κ1) is 20.9. The van der Waals surface area contributed by atoms with Gasteiger partial charge in [0.2, 0.25) is 5.91 Å². The molecule has 0 aromatic carbocycles. The molecule has 2 heterocycles. The van der Waals surface area contributed by atoms with Crippen LogP contribution in [-0.2, 0) is 9.53 Å². The van der Waals surface area contributed by atoms with E-state index in [9.17, 15) is 4.79 Å². The molecule has 21 heavy (non-hydrogen) atoms. The molecule has 2 aliphatic heterocycles. The van der Waals surface area contributed by atoms with Crippen LogP contribution in [0, 0.1) is 5.92 Å². The van der Waals surface area contributed by atoms with Gasteiger partial charge < -0.3 is 15.4 Å². The lowest BCUT2D eigenvalue weighted by Gasteiger charge is -2.26. The molecule has 1 amide bonds. The van der Waals surface area contributed by atoms with Gasteiger partial charge in [-0.3, -0.25) is 9.69 Å². The van der Waals surface area contributed by atoms with Crippen molar-refractivity contribution < 1.29 is 9.53 Å². The second-order valence-corrected chi connectivity index (χ2v) is 5.56. The summed E-state index contributed by atoms with van der Waals surface area (Å²) in [6.07, 6.45) is 3.98. The van der Waals surface area contributed by atoms with Gasteiger partial charge in [0.1, 0.15) is 0 Å². The molecule has 0 aromatic rings. The van der Waals surface area contributed by atoms with E-state index in [4.69, 9.17) is 4.74 Å². The number of carbonyl (C=O) groups is 1. The molecule has 7 heteroatoms. The lowest BCUT2D eigenvalue weighted by atomic mass is 10.0. The van der Waals surface area contributed by atoms with Gasteiger partial charge in [0.05, 0.1) is 13.2 Å². The van der Waals surface area contributed by atoms with Crippen LogP contribution in [-0.4, -0.2) is 63.3 Å². The summed E-state index contributed by atoms with van der Waals surface area (Å²) in [5.74, 6) is 0.924. The van der Waals surface area contributed by atoms with E-state index in [-0.39, 0.29) is 30.7 Å². The third kappa shape index (κ3) is 8.83. The predicted molar refractivity (Wildman–Crippen MR) is 89.6 cm³/mol. The van der Waals surface area contributed by atoms with Crippen LogP contribution in [0.5, 0.6) is 0 Å². The summed E-state index contributed by atoms with van der Waals surface area (Å²) >= 11 is 0. The topological polar surface area (TPSA) is 53.6 Å². The minimum absolute atomic E-state index is 0. The van der Waals surface area contributed by atoms with Crippen molar-refractivity contribution in [2.45, 2.75) is 25.7 Å². The predicted octanol–water partition coefficient (Wildman–Crippen LogP) is 1.06. The average Bonchev–Trinajstić information content (AvgIpc) is 2.96. The van der Waals surface area contributed by atoms with E-state index in [2.05, 4.69) is 15.5 Å². The first-order valence-corrected chi connectivity index (χ1v) is 7.62. The maximum absolute atomic E-state index is 11.7. The molecule has 2 fully saturated rings. The monoisotopic (exact) mass is 341 g/mol. The Morgan fingerprint density at radius 3 is 2.71 bits per heavy atom. The Labute approximate surface area is 140 Å². The molecule has 2 rings (SSSR count). The van der Waals surface area contributed by atoms with Gasteiger partial charge in [-0.05, 0) is 44.8 Å². The van der Waals surface area contributed by atoms with Crippen LogP contribution in [0.15, 0.2) is 0 Å². The van der Waals surface area contributed by atoms with Gasteiger partial charge >= 0.3 is 0 Å². The molecule has 0 saturated carbocycles. The fourth-order valence-corrected chi connectivity index (χ4v) is 2.74. The Morgan fingerprint density at radius 1 is 1.29 bits per heavy atom. The largest absolute Gasteiger partial charge is 0.379 e. The fourth-order valence-electron chi connectivity index (χ4n) is 2.74. The molecule has 0 aliphatic carbocycles. The van der Waals surface area contributed by atoms with Crippen molar-refractivity contribution in [3.63, 3.8) is 0 Å². The Bertz CT molecular complexity index is 271. The highest BCUT2D eigenvalue weighted by atomic mass is 35.5. The van der Waals surface area contributed by atoms with E-state index in [1.54, 1.807) is 0 Å². The van der Waals surface area contributed by atoms with Crippen molar-refractivity contribution in [2.75, 3.05) is 52.5 Å². The molecule has 0 spiro atoms. The van der Waals surface area contributed by atoms with Gasteiger partial charge in [-0.15, -0.1) is 24.8 Å². The van der Waals surface area contributed by atoms with Crippen LogP contribution in [0.4, 0.5) is 0 Å². The summed E-state index contributed by atoms with van der Waals surface area (Å²) in [6, 6.07) is 0. The summed E-state index contributed by atoms with van der Waals surface area (Å²) < 4.78 is 5.31. The number of nitrogens with zero attached hydrogens (tertiary/aromatic N) is 1. The normalized spacial score (nSPS) is 22.2. The summed E-state index contributed by atoms with van der Waals surface area (Å²) in [6.45, 7) is 7.83.